The maximum absolute atomic E-state index is 11.4. The molecule has 1 N–H and O–H groups in total. The van der Waals surface area contributed by atoms with Gasteiger partial charge in [0.05, 0.1) is 12.7 Å². The highest BCUT2D eigenvalue weighted by molar-refractivity contribution is 8.00. The quantitative estimate of drug-likeness (QED) is 0.400. The molecule has 0 saturated carbocycles. The molecule has 0 heterocycles. The van der Waals surface area contributed by atoms with Gasteiger partial charge in [0.15, 0.2) is 5.44 Å². The normalized spacial score (nSPS) is 12.0. The van der Waals surface area contributed by atoms with Gasteiger partial charge in [0, 0.05) is 9.92 Å². The van der Waals surface area contributed by atoms with Gasteiger partial charge in [-0.05, 0) is 29.8 Å². The van der Waals surface area contributed by atoms with Crippen molar-refractivity contribution in [1.29, 1.82) is 0 Å². The molecular formula is C10H8Cl2O4S. The molecule has 0 aliphatic rings. The predicted molar refractivity (Wildman–Crippen MR) is 65.5 cm³/mol. The maximum Gasteiger partial charge on any atom is 0.339 e. The number of aliphatic hydroxyl groups is 1. The number of carbonyl (C=O) groups is 2. The topological polar surface area (TPSA) is 63.6 Å². The highest BCUT2D eigenvalue weighted by Crippen LogP contribution is 2.29. The van der Waals surface area contributed by atoms with Crippen LogP contribution in [0.2, 0.25) is 5.02 Å². The molecule has 1 aromatic rings. The minimum absolute atomic E-state index is 0.168. The van der Waals surface area contributed by atoms with Crippen LogP contribution in [0.1, 0.15) is 10.4 Å². The highest BCUT2D eigenvalue weighted by Gasteiger charge is 2.19. The monoisotopic (exact) mass is 294 g/mol. The number of hydrogen-bond acceptors (Lipinski definition) is 5. The Bertz CT molecular complexity index is 450. The maximum atomic E-state index is 11.4. The number of thioether (sulfide) groups is 1. The zero-order chi connectivity index (χ0) is 13.0. The van der Waals surface area contributed by atoms with Crippen LogP contribution in [0.15, 0.2) is 23.1 Å². The number of aliphatic hydroxyl groups excluding tert-OH is 1. The average Bonchev–Trinajstić information content (AvgIpc) is 2.30. The van der Waals surface area contributed by atoms with Crippen LogP contribution in [0.3, 0.4) is 0 Å². The van der Waals surface area contributed by atoms with Crippen LogP contribution in [0.5, 0.6) is 0 Å². The first-order chi connectivity index (χ1) is 7.95. The molecule has 1 atom stereocenters. The van der Waals surface area contributed by atoms with Crippen molar-refractivity contribution in [3.63, 3.8) is 0 Å². The van der Waals surface area contributed by atoms with Gasteiger partial charge < -0.3 is 9.84 Å². The summed E-state index contributed by atoms with van der Waals surface area (Å²) in [5.74, 6) is -0.607. The predicted octanol–water partition coefficient (Wildman–Crippen LogP) is 2.30. The van der Waals surface area contributed by atoms with Crippen molar-refractivity contribution < 1.29 is 19.4 Å². The molecule has 0 saturated heterocycles. The smallest absolute Gasteiger partial charge is 0.339 e. The molecule has 92 valence electrons. The molecular weight excluding hydrogens is 287 g/mol. The number of methoxy groups -OCH3 is 1. The summed E-state index contributed by atoms with van der Waals surface area (Å²) in [6.45, 7) is 0. The van der Waals surface area contributed by atoms with Crippen molar-refractivity contribution in [1.82, 2.24) is 0 Å². The third kappa shape index (κ3) is 3.89. The molecule has 0 aliphatic heterocycles. The van der Waals surface area contributed by atoms with E-state index < -0.39 is 16.6 Å². The zero-order valence-corrected chi connectivity index (χ0v) is 11.0. The molecule has 0 aromatic heterocycles. The van der Waals surface area contributed by atoms with Crippen LogP contribution < -0.4 is 0 Å². The van der Waals surface area contributed by atoms with Crippen LogP contribution in [-0.4, -0.2) is 28.9 Å². The molecule has 0 radical (unpaired) electrons. The van der Waals surface area contributed by atoms with Gasteiger partial charge in [0.2, 0.25) is 0 Å². The first-order valence-electron chi connectivity index (χ1n) is 4.37. The fraction of sp³-hybridized carbons (Fsp3) is 0.200. The average molecular weight is 295 g/mol. The molecule has 0 bridgehead atoms. The molecule has 0 fully saturated rings. The Hall–Kier alpha value is -0.750. The summed E-state index contributed by atoms with van der Waals surface area (Å²) >= 11 is 11.6. The second-order valence-corrected chi connectivity index (χ2v) is 4.84. The summed E-state index contributed by atoms with van der Waals surface area (Å²) in [7, 11) is 1.22. The third-order valence-electron chi connectivity index (χ3n) is 1.78. The molecule has 0 spiro atoms. The van der Waals surface area contributed by atoms with E-state index in [2.05, 4.69) is 4.74 Å². The Balaban J connectivity index is 3.06. The Morgan fingerprint density at radius 2 is 2.12 bits per heavy atom. The van der Waals surface area contributed by atoms with Gasteiger partial charge in [0.1, 0.15) is 0 Å². The summed E-state index contributed by atoms with van der Waals surface area (Å²) in [6, 6.07) is 4.42. The Labute approximate surface area is 112 Å². The van der Waals surface area contributed by atoms with E-state index in [1.165, 1.54) is 25.3 Å². The first kappa shape index (κ1) is 14.3. The lowest BCUT2D eigenvalue weighted by Gasteiger charge is -2.09. The van der Waals surface area contributed by atoms with Crippen LogP contribution in [0, 0.1) is 0 Å². The van der Waals surface area contributed by atoms with E-state index >= 15 is 0 Å². The summed E-state index contributed by atoms with van der Waals surface area (Å²) in [6.07, 6.45) is 0. The molecule has 0 aliphatic carbocycles. The van der Waals surface area contributed by atoms with Crippen LogP contribution >= 0.6 is 35.0 Å². The van der Waals surface area contributed by atoms with Gasteiger partial charge in [0.25, 0.3) is 5.24 Å². The second kappa shape index (κ2) is 6.26. The molecule has 0 amide bonds. The number of esters is 1. The fourth-order valence-corrected chi connectivity index (χ4v) is 2.10. The summed E-state index contributed by atoms with van der Waals surface area (Å²) < 4.78 is 4.56. The minimum Gasteiger partial charge on any atom is -0.465 e. The van der Waals surface area contributed by atoms with E-state index in [4.69, 9.17) is 23.2 Å². The zero-order valence-electron chi connectivity index (χ0n) is 8.65. The van der Waals surface area contributed by atoms with Crippen LogP contribution in [0.4, 0.5) is 0 Å². The van der Waals surface area contributed by atoms with Gasteiger partial charge in [-0.2, -0.15) is 0 Å². The molecule has 4 nitrogen and oxygen atoms in total. The number of halogens is 2. The molecule has 1 unspecified atom stereocenters. The lowest BCUT2D eigenvalue weighted by Crippen LogP contribution is -2.11. The Morgan fingerprint density at radius 1 is 1.47 bits per heavy atom. The third-order valence-corrected chi connectivity index (χ3v) is 3.40. The standard InChI is InChI=1S/C10H8Cl2O4S/c1-16-9(14)6-4-5(11)2-3-7(6)17-10(15)8(12)13/h2-4,10,15H,1H3. The Kier molecular flexibility index (Phi) is 5.27. The highest BCUT2D eigenvalue weighted by atomic mass is 35.5. The van der Waals surface area contributed by atoms with Crippen molar-refractivity contribution in [2.45, 2.75) is 10.3 Å². The first-order valence-corrected chi connectivity index (χ1v) is 6.01. The van der Waals surface area contributed by atoms with E-state index in [1.54, 1.807) is 0 Å². The van der Waals surface area contributed by atoms with E-state index in [0.717, 1.165) is 11.8 Å². The molecule has 1 aromatic carbocycles. The van der Waals surface area contributed by atoms with Gasteiger partial charge >= 0.3 is 5.97 Å². The number of carbonyl (C=O) groups excluding carboxylic acids is 2. The van der Waals surface area contributed by atoms with Gasteiger partial charge in [-0.3, -0.25) is 4.79 Å². The van der Waals surface area contributed by atoms with Crippen molar-refractivity contribution >= 4 is 46.2 Å². The number of ether oxygens (including phenoxy) is 1. The SMILES string of the molecule is COC(=O)c1cc(Cl)ccc1SC(O)C(=O)Cl. The summed E-state index contributed by atoms with van der Waals surface area (Å²) in [5.41, 5.74) is -1.27. The van der Waals surface area contributed by atoms with E-state index in [-0.39, 0.29) is 5.56 Å². The molecule has 17 heavy (non-hydrogen) atoms. The fourth-order valence-electron chi connectivity index (χ4n) is 1.04. The molecule has 7 heteroatoms. The number of benzene rings is 1. The Morgan fingerprint density at radius 3 is 2.65 bits per heavy atom. The van der Waals surface area contributed by atoms with Gasteiger partial charge in [-0.1, -0.05) is 23.4 Å². The van der Waals surface area contributed by atoms with Crippen molar-refractivity contribution in [2.24, 2.45) is 0 Å². The lowest BCUT2D eigenvalue weighted by molar-refractivity contribution is -0.115. The number of hydrogen-bond donors (Lipinski definition) is 1. The van der Waals surface area contributed by atoms with E-state index in [9.17, 15) is 14.7 Å². The van der Waals surface area contributed by atoms with Gasteiger partial charge in [-0.25, -0.2) is 4.79 Å². The minimum atomic E-state index is -1.44. The summed E-state index contributed by atoms with van der Waals surface area (Å²) in [4.78, 5) is 22.5. The largest absolute Gasteiger partial charge is 0.465 e. The van der Waals surface area contributed by atoms with Crippen LogP contribution in [-0.2, 0) is 9.53 Å². The number of rotatable bonds is 4. The van der Waals surface area contributed by atoms with Crippen molar-refractivity contribution in [2.75, 3.05) is 7.11 Å². The van der Waals surface area contributed by atoms with Crippen LogP contribution in [0.25, 0.3) is 0 Å². The van der Waals surface area contributed by atoms with E-state index in [0.29, 0.717) is 9.92 Å². The van der Waals surface area contributed by atoms with Crippen molar-refractivity contribution in [3.05, 3.63) is 28.8 Å². The summed E-state index contributed by atoms with van der Waals surface area (Å²) in [5, 5.41) is 8.76. The van der Waals surface area contributed by atoms with E-state index in [1.807, 2.05) is 0 Å². The second-order valence-electron chi connectivity index (χ2n) is 2.91. The lowest BCUT2D eigenvalue weighted by atomic mass is 10.2. The molecule has 1 rings (SSSR count). The van der Waals surface area contributed by atoms with Gasteiger partial charge in [-0.15, -0.1) is 0 Å². The van der Waals surface area contributed by atoms with Crippen molar-refractivity contribution in [3.8, 4) is 0 Å².